The van der Waals surface area contributed by atoms with E-state index in [1.165, 1.54) is 19.1 Å². The zero-order chi connectivity index (χ0) is 17.6. The molecule has 1 amide bonds. The van der Waals surface area contributed by atoms with Crippen molar-refractivity contribution < 1.29 is 18.7 Å². The molecule has 26 heavy (non-hydrogen) atoms. The molecule has 0 spiro atoms. The lowest BCUT2D eigenvalue weighted by molar-refractivity contribution is 0.0950. The van der Waals surface area contributed by atoms with E-state index in [2.05, 4.69) is 5.32 Å². The predicted molar refractivity (Wildman–Crippen MR) is 101 cm³/mol. The molecule has 142 valence electrons. The third-order valence-corrected chi connectivity index (χ3v) is 4.39. The zero-order valence-corrected chi connectivity index (χ0v) is 15.6. The normalized spacial score (nSPS) is 13.9. The topological polar surface area (TPSA) is 86.7 Å². The third kappa shape index (κ3) is 4.93. The van der Waals surface area contributed by atoms with Crippen molar-refractivity contribution in [2.45, 2.75) is 44.9 Å². The maximum atomic E-state index is 12.2. The number of hydrogen-bond donors (Lipinski definition) is 2. The molecule has 0 bridgehead atoms. The molecule has 1 aliphatic rings. The van der Waals surface area contributed by atoms with Gasteiger partial charge in [0.2, 0.25) is 0 Å². The molecule has 7 heteroatoms. The van der Waals surface area contributed by atoms with Gasteiger partial charge in [-0.1, -0.05) is 6.07 Å². The first kappa shape index (κ1) is 20.1. The highest BCUT2D eigenvalue weighted by atomic mass is 35.5. The summed E-state index contributed by atoms with van der Waals surface area (Å²) in [6.45, 7) is 0.667. The molecule has 3 rings (SSSR count). The van der Waals surface area contributed by atoms with Gasteiger partial charge in [0.25, 0.3) is 5.91 Å². The Morgan fingerprint density at radius 2 is 2.04 bits per heavy atom. The van der Waals surface area contributed by atoms with Crippen molar-refractivity contribution in [1.82, 2.24) is 5.32 Å². The van der Waals surface area contributed by atoms with E-state index < -0.39 is 0 Å². The molecule has 1 aromatic heterocycles. The summed E-state index contributed by atoms with van der Waals surface area (Å²) in [4.78, 5) is 12.2. The Morgan fingerprint density at radius 1 is 1.27 bits per heavy atom. The number of amides is 1. The number of ether oxygens (including phenoxy) is 2. The number of nitrogens with one attached hydrogen (secondary N) is 1. The van der Waals surface area contributed by atoms with E-state index in [1.54, 1.807) is 13.2 Å². The van der Waals surface area contributed by atoms with Crippen LogP contribution in [0.5, 0.6) is 11.5 Å². The summed E-state index contributed by atoms with van der Waals surface area (Å²) >= 11 is 0. The van der Waals surface area contributed by atoms with E-state index in [0.717, 1.165) is 24.2 Å². The summed E-state index contributed by atoms with van der Waals surface area (Å²) in [6, 6.07) is 7.37. The van der Waals surface area contributed by atoms with Crippen LogP contribution in [0.3, 0.4) is 0 Å². The second kappa shape index (κ2) is 9.50. The van der Waals surface area contributed by atoms with E-state index in [9.17, 15) is 4.79 Å². The molecule has 0 aliphatic heterocycles. The molecule has 0 radical (unpaired) electrons. The van der Waals surface area contributed by atoms with E-state index in [-0.39, 0.29) is 31.0 Å². The van der Waals surface area contributed by atoms with Gasteiger partial charge < -0.3 is 24.9 Å². The van der Waals surface area contributed by atoms with Crippen LogP contribution in [0.15, 0.2) is 34.9 Å². The predicted octanol–water partition coefficient (Wildman–Crippen LogP) is 3.42. The fourth-order valence-electron chi connectivity index (χ4n) is 3.00. The SMILES string of the molecule is COc1ccc(CNC(=O)c2coc(CN)c2)cc1OC1CCCC1.Cl. The largest absolute Gasteiger partial charge is 0.493 e. The van der Waals surface area contributed by atoms with Crippen LogP contribution in [0.4, 0.5) is 0 Å². The Morgan fingerprint density at radius 3 is 2.69 bits per heavy atom. The zero-order valence-electron chi connectivity index (χ0n) is 14.8. The summed E-state index contributed by atoms with van der Waals surface area (Å²) in [5.74, 6) is 1.83. The minimum atomic E-state index is -0.197. The molecule has 3 N–H and O–H groups in total. The number of nitrogens with two attached hydrogens (primary N) is 1. The first-order valence-electron chi connectivity index (χ1n) is 8.59. The van der Waals surface area contributed by atoms with Crippen LogP contribution in [-0.4, -0.2) is 19.1 Å². The van der Waals surface area contributed by atoms with Gasteiger partial charge in [-0.05, 0) is 49.4 Å². The van der Waals surface area contributed by atoms with Crippen molar-refractivity contribution in [2.75, 3.05) is 7.11 Å². The van der Waals surface area contributed by atoms with Crippen molar-refractivity contribution in [3.63, 3.8) is 0 Å². The molecule has 6 nitrogen and oxygen atoms in total. The van der Waals surface area contributed by atoms with Crippen molar-refractivity contribution in [3.05, 3.63) is 47.4 Å². The highest BCUT2D eigenvalue weighted by Crippen LogP contribution is 2.32. The van der Waals surface area contributed by atoms with Crippen LogP contribution >= 0.6 is 12.4 Å². The third-order valence-electron chi connectivity index (χ3n) is 4.39. The fourth-order valence-corrected chi connectivity index (χ4v) is 3.00. The van der Waals surface area contributed by atoms with Gasteiger partial charge in [-0.2, -0.15) is 0 Å². The van der Waals surface area contributed by atoms with E-state index in [0.29, 0.717) is 23.6 Å². The van der Waals surface area contributed by atoms with Crippen LogP contribution in [0, 0.1) is 0 Å². The summed E-state index contributed by atoms with van der Waals surface area (Å²) < 4.78 is 16.7. The molecule has 0 unspecified atom stereocenters. The van der Waals surface area contributed by atoms with Crippen molar-refractivity contribution in [2.24, 2.45) is 5.73 Å². The monoisotopic (exact) mass is 380 g/mol. The Balaban J connectivity index is 0.00000243. The van der Waals surface area contributed by atoms with Gasteiger partial charge in [0.15, 0.2) is 11.5 Å². The Labute approximate surface area is 159 Å². The molecule has 1 aliphatic carbocycles. The lowest BCUT2D eigenvalue weighted by atomic mass is 10.2. The first-order chi connectivity index (χ1) is 12.2. The molecular formula is C19H25ClN2O4. The minimum Gasteiger partial charge on any atom is -0.493 e. The van der Waals surface area contributed by atoms with Gasteiger partial charge >= 0.3 is 0 Å². The Bertz CT molecular complexity index is 726. The van der Waals surface area contributed by atoms with E-state index >= 15 is 0 Å². The first-order valence-corrected chi connectivity index (χ1v) is 8.59. The fraction of sp³-hybridized carbons (Fsp3) is 0.421. The van der Waals surface area contributed by atoms with Gasteiger partial charge in [0.1, 0.15) is 12.0 Å². The molecule has 0 atom stereocenters. The van der Waals surface area contributed by atoms with Gasteiger partial charge in [-0.25, -0.2) is 0 Å². The molecule has 1 aromatic carbocycles. The van der Waals surface area contributed by atoms with E-state index in [1.807, 2.05) is 18.2 Å². The number of carbonyl (C=O) groups is 1. The summed E-state index contributed by atoms with van der Waals surface area (Å²) in [7, 11) is 1.63. The van der Waals surface area contributed by atoms with Crippen molar-refractivity contribution in [1.29, 1.82) is 0 Å². The van der Waals surface area contributed by atoms with Crippen molar-refractivity contribution in [3.8, 4) is 11.5 Å². The van der Waals surface area contributed by atoms with Crippen LogP contribution < -0.4 is 20.5 Å². The smallest absolute Gasteiger partial charge is 0.254 e. The van der Waals surface area contributed by atoms with E-state index in [4.69, 9.17) is 19.6 Å². The average Bonchev–Trinajstić information content (AvgIpc) is 3.31. The lowest BCUT2D eigenvalue weighted by Crippen LogP contribution is -2.22. The van der Waals surface area contributed by atoms with Crippen LogP contribution in [-0.2, 0) is 13.1 Å². The number of benzene rings is 1. The quantitative estimate of drug-likeness (QED) is 0.768. The molecular weight excluding hydrogens is 356 g/mol. The Kier molecular flexibility index (Phi) is 7.36. The average molecular weight is 381 g/mol. The van der Waals surface area contributed by atoms with Gasteiger partial charge in [0.05, 0.1) is 25.3 Å². The maximum absolute atomic E-state index is 12.2. The summed E-state index contributed by atoms with van der Waals surface area (Å²) in [5, 5.41) is 2.87. The highest BCUT2D eigenvalue weighted by molar-refractivity contribution is 5.93. The number of hydrogen-bond acceptors (Lipinski definition) is 5. The molecule has 2 aromatic rings. The van der Waals surface area contributed by atoms with Gasteiger partial charge in [-0.15, -0.1) is 12.4 Å². The second-order valence-electron chi connectivity index (χ2n) is 6.20. The molecule has 1 heterocycles. The Hall–Kier alpha value is -2.18. The number of halogens is 1. The maximum Gasteiger partial charge on any atom is 0.254 e. The van der Waals surface area contributed by atoms with Gasteiger partial charge in [-0.3, -0.25) is 4.79 Å². The van der Waals surface area contributed by atoms with Crippen LogP contribution in [0.1, 0.15) is 47.4 Å². The molecule has 1 fully saturated rings. The standard InChI is InChI=1S/C19H24N2O4.ClH/c1-23-17-7-6-13(8-18(17)25-15-4-2-3-5-15)11-21-19(22)14-9-16(10-20)24-12-14;/h6-9,12,15H,2-5,10-11,20H2,1H3,(H,21,22);1H. The number of furan rings is 1. The summed E-state index contributed by atoms with van der Waals surface area (Å²) in [5.41, 5.74) is 6.91. The second-order valence-corrected chi connectivity index (χ2v) is 6.20. The minimum absolute atomic E-state index is 0. The lowest BCUT2D eigenvalue weighted by Gasteiger charge is -2.17. The van der Waals surface area contributed by atoms with Crippen molar-refractivity contribution >= 4 is 18.3 Å². The highest BCUT2D eigenvalue weighted by Gasteiger charge is 2.19. The van der Waals surface area contributed by atoms with Gasteiger partial charge in [0, 0.05) is 6.54 Å². The number of carbonyl (C=O) groups excluding carboxylic acids is 1. The van der Waals surface area contributed by atoms with Crippen LogP contribution in [0.25, 0.3) is 0 Å². The molecule has 1 saturated carbocycles. The number of methoxy groups -OCH3 is 1. The number of rotatable bonds is 7. The van der Waals surface area contributed by atoms with Crippen LogP contribution in [0.2, 0.25) is 0 Å². The summed E-state index contributed by atoms with van der Waals surface area (Å²) in [6.07, 6.45) is 6.23. The molecule has 0 saturated heterocycles.